The van der Waals surface area contributed by atoms with Crippen LogP contribution in [0, 0.1) is 13.8 Å². The van der Waals surface area contributed by atoms with E-state index in [1.165, 1.54) is 0 Å². The average molecular weight is 274 g/mol. The topological polar surface area (TPSA) is 34.1 Å². The summed E-state index contributed by atoms with van der Waals surface area (Å²) in [5.41, 5.74) is 1.87. The van der Waals surface area contributed by atoms with Gasteiger partial charge in [-0.25, -0.2) is 4.98 Å². The van der Waals surface area contributed by atoms with Crippen LogP contribution < -0.4 is 10.1 Å². The standard InChI is InChI=1S/C13H17F3N2O/c1-8-3-4-12(18-9(8)2)19-10-5-6-17-11(7-10)13(14,15)16/h3-4,10-11,17H,5-7H2,1-2H3. The molecule has 0 spiro atoms. The van der Waals surface area contributed by atoms with Crippen molar-refractivity contribution in [3.05, 3.63) is 23.4 Å². The van der Waals surface area contributed by atoms with Crippen LogP contribution in [-0.4, -0.2) is 29.9 Å². The van der Waals surface area contributed by atoms with E-state index in [1.54, 1.807) is 6.07 Å². The number of rotatable bonds is 2. The minimum absolute atomic E-state index is 0.0713. The molecule has 1 aromatic rings. The molecule has 0 bridgehead atoms. The molecule has 1 saturated heterocycles. The van der Waals surface area contributed by atoms with E-state index >= 15 is 0 Å². The van der Waals surface area contributed by atoms with Crippen LogP contribution >= 0.6 is 0 Å². The second kappa shape index (κ2) is 5.36. The highest BCUT2D eigenvalue weighted by molar-refractivity contribution is 5.23. The van der Waals surface area contributed by atoms with Crippen molar-refractivity contribution in [3.8, 4) is 5.88 Å². The van der Waals surface area contributed by atoms with E-state index in [-0.39, 0.29) is 6.42 Å². The molecule has 1 aliphatic heterocycles. The quantitative estimate of drug-likeness (QED) is 0.900. The first kappa shape index (κ1) is 14.1. The lowest BCUT2D eigenvalue weighted by Gasteiger charge is -2.31. The minimum Gasteiger partial charge on any atom is -0.474 e. The summed E-state index contributed by atoms with van der Waals surface area (Å²) in [6.45, 7) is 4.08. The SMILES string of the molecule is Cc1ccc(OC2CCNC(C(F)(F)F)C2)nc1C. The van der Waals surface area contributed by atoms with Crippen molar-refractivity contribution in [1.82, 2.24) is 10.3 Å². The fourth-order valence-electron chi connectivity index (χ4n) is 2.08. The Morgan fingerprint density at radius 3 is 2.68 bits per heavy atom. The maximum absolute atomic E-state index is 12.6. The van der Waals surface area contributed by atoms with E-state index in [9.17, 15) is 13.2 Å². The number of alkyl halides is 3. The number of nitrogens with zero attached hydrogens (tertiary/aromatic N) is 1. The Balaban J connectivity index is 2.00. The Morgan fingerprint density at radius 1 is 1.32 bits per heavy atom. The summed E-state index contributed by atoms with van der Waals surface area (Å²) < 4.78 is 43.5. The van der Waals surface area contributed by atoms with Crippen molar-refractivity contribution in [1.29, 1.82) is 0 Å². The van der Waals surface area contributed by atoms with Crippen LogP contribution in [0.3, 0.4) is 0 Å². The van der Waals surface area contributed by atoms with Crippen molar-refractivity contribution in [2.45, 2.75) is 45.0 Å². The van der Waals surface area contributed by atoms with Gasteiger partial charge in [-0.15, -0.1) is 0 Å². The van der Waals surface area contributed by atoms with Crippen molar-refractivity contribution in [2.75, 3.05) is 6.54 Å². The number of nitrogens with one attached hydrogen (secondary N) is 1. The van der Waals surface area contributed by atoms with E-state index in [1.807, 2.05) is 19.9 Å². The highest BCUT2D eigenvalue weighted by Crippen LogP contribution is 2.28. The molecule has 1 fully saturated rings. The van der Waals surface area contributed by atoms with E-state index < -0.39 is 18.3 Å². The molecule has 0 saturated carbocycles. The average Bonchev–Trinajstić information content (AvgIpc) is 2.33. The lowest BCUT2D eigenvalue weighted by molar-refractivity contribution is -0.166. The number of hydrogen-bond acceptors (Lipinski definition) is 3. The minimum atomic E-state index is -4.22. The summed E-state index contributed by atoms with van der Waals surface area (Å²) in [6, 6.07) is 2.07. The van der Waals surface area contributed by atoms with Crippen LogP contribution in [-0.2, 0) is 0 Å². The van der Waals surface area contributed by atoms with Crippen molar-refractivity contribution in [3.63, 3.8) is 0 Å². The summed E-state index contributed by atoms with van der Waals surface area (Å²) >= 11 is 0. The first-order valence-electron chi connectivity index (χ1n) is 6.27. The van der Waals surface area contributed by atoms with Gasteiger partial charge in [0.15, 0.2) is 0 Å². The number of pyridine rings is 1. The maximum Gasteiger partial charge on any atom is 0.403 e. The van der Waals surface area contributed by atoms with Crippen molar-refractivity contribution < 1.29 is 17.9 Å². The highest BCUT2D eigenvalue weighted by atomic mass is 19.4. The van der Waals surface area contributed by atoms with E-state index in [4.69, 9.17) is 4.74 Å². The number of piperidine rings is 1. The fourth-order valence-corrected chi connectivity index (χ4v) is 2.08. The Bertz CT molecular complexity index is 448. The van der Waals surface area contributed by atoms with Crippen LogP contribution in [0.2, 0.25) is 0 Å². The number of ether oxygens (including phenoxy) is 1. The fraction of sp³-hybridized carbons (Fsp3) is 0.615. The van der Waals surface area contributed by atoms with Gasteiger partial charge < -0.3 is 10.1 Å². The van der Waals surface area contributed by atoms with Crippen LogP contribution in [0.25, 0.3) is 0 Å². The molecule has 0 radical (unpaired) electrons. The second-order valence-electron chi connectivity index (χ2n) is 4.86. The Labute approximate surface area is 110 Å². The third-order valence-corrected chi connectivity index (χ3v) is 3.36. The molecule has 2 unspecified atom stereocenters. The lowest BCUT2D eigenvalue weighted by atomic mass is 10.0. The smallest absolute Gasteiger partial charge is 0.403 e. The monoisotopic (exact) mass is 274 g/mol. The normalized spacial score (nSPS) is 24.3. The third kappa shape index (κ3) is 3.59. The number of hydrogen-bond donors (Lipinski definition) is 1. The van der Waals surface area contributed by atoms with Gasteiger partial charge in [0.1, 0.15) is 12.1 Å². The van der Waals surface area contributed by atoms with Crippen molar-refractivity contribution in [2.24, 2.45) is 0 Å². The molecule has 1 aliphatic rings. The lowest BCUT2D eigenvalue weighted by Crippen LogP contribution is -2.50. The van der Waals surface area contributed by atoms with E-state index in [2.05, 4.69) is 10.3 Å². The van der Waals surface area contributed by atoms with Gasteiger partial charge in [-0.05, 0) is 32.4 Å². The summed E-state index contributed by atoms with van der Waals surface area (Å²) in [5.74, 6) is 0.399. The molecule has 106 valence electrons. The third-order valence-electron chi connectivity index (χ3n) is 3.36. The van der Waals surface area contributed by atoms with Gasteiger partial charge in [-0.3, -0.25) is 0 Å². The van der Waals surface area contributed by atoms with Gasteiger partial charge >= 0.3 is 6.18 Å². The highest BCUT2D eigenvalue weighted by Gasteiger charge is 2.42. The van der Waals surface area contributed by atoms with E-state index in [0.717, 1.165) is 11.3 Å². The molecule has 19 heavy (non-hydrogen) atoms. The summed E-state index contributed by atoms with van der Waals surface area (Å²) in [4.78, 5) is 4.23. The largest absolute Gasteiger partial charge is 0.474 e. The molecule has 0 amide bonds. The summed E-state index contributed by atoms with van der Waals surface area (Å²) in [6.07, 6.45) is -4.18. The molecule has 0 aliphatic carbocycles. The first-order chi connectivity index (χ1) is 8.86. The Hall–Kier alpha value is -1.30. The van der Waals surface area contributed by atoms with Gasteiger partial charge in [-0.1, -0.05) is 6.07 Å². The molecule has 6 heteroatoms. The number of aromatic nitrogens is 1. The van der Waals surface area contributed by atoms with Gasteiger partial charge in [0.25, 0.3) is 0 Å². The molecule has 3 nitrogen and oxygen atoms in total. The zero-order valence-corrected chi connectivity index (χ0v) is 10.9. The molecular formula is C13H17F3N2O. The molecular weight excluding hydrogens is 257 g/mol. The molecule has 1 N–H and O–H groups in total. The Kier molecular flexibility index (Phi) is 3.99. The van der Waals surface area contributed by atoms with E-state index in [0.29, 0.717) is 18.8 Å². The zero-order valence-electron chi connectivity index (χ0n) is 10.9. The second-order valence-corrected chi connectivity index (χ2v) is 4.86. The van der Waals surface area contributed by atoms with Crippen molar-refractivity contribution >= 4 is 0 Å². The zero-order chi connectivity index (χ0) is 14.0. The summed E-state index contributed by atoms with van der Waals surface area (Å²) in [7, 11) is 0. The molecule has 0 aromatic carbocycles. The predicted molar refractivity (Wildman–Crippen MR) is 65.2 cm³/mol. The number of halogens is 3. The van der Waals surface area contributed by atoms with Crippen LogP contribution in [0.15, 0.2) is 12.1 Å². The molecule has 2 rings (SSSR count). The van der Waals surface area contributed by atoms with Gasteiger partial charge in [0.05, 0.1) is 0 Å². The Morgan fingerprint density at radius 2 is 2.05 bits per heavy atom. The van der Waals surface area contributed by atoms with Gasteiger partial charge in [-0.2, -0.15) is 13.2 Å². The van der Waals surface area contributed by atoms with Gasteiger partial charge in [0, 0.05) is 18.2 Å². The van der Waals surface area contributed by atoms with Crippen LogP contribution in [0.4, 0.5) is 13.2 Å². The predicted octanol–water partition coefficient (Wildman–Crippen LogP) is 2.76. The molecule has 2 atom stereocenters. The van der Waals surface area contributed by atoms with Crippen LogP contribution in [0.5, 0.6) is 5.88 Å². The molecule has 1 aromatic heterocycles. The van der Waals surface area contributed by atoms with Gasteiger partial charge in [0.2, 0.25) is 5.88 Å². The first-order valence-corrected chi connectivity index (χ1v) is 6.27. The maximum atomic E-state index is 12.6. The molecule has 2 heterocycles. The van der Waals surface area contributed by atoms with Crippen LogP contribution in [0.1, 0.15) is 24.1 Å². The summed E-state index contributed by atoms with van der Waals surface area (Å²) in [5, 5.41) is 2.47. The number of aryl methyl sites for hydroxylation is 2.